The number of methoxy groups -OCH3 is 3. The van der Waals surface area contributed by atoms with Crippen LogP contribution in [0.4, 0.5) is 0 Å². The van der Waals surface area contributed by atoms with E-state index < -0.39 is 5.91 Å². The van der Waals surface area contributed by atoms with E-state index in [1.54, 1.807) is 24.3 Å². The van der Waals surface area contributed by atoms with Crippen LogP contribution in [0.2, 0.25) is 5.02 Å². The molecular weight excluding hydrogens is 382 g/mol. The van der Waals surface area contributed by atoms with Crippen LogP contribution in [-0.4, -0.2) is 37.0 Å². The van der Waals surface area contributed by atoms with Gasteiger partial charge in [-0.1, -0.05) is 29.8 Å². The van der Waals surface area contributed by atoms with Crippen LogP contribution in [0.25, 0.3) is 11.3 Å². The summed E-state index contributed by atoms with van der Waals surface area (Å²) in [5, 5.41) is 5.14. The minimum absolute atomic E-state index is 0.267. The van der Waals surface area contributed by atoms with Crippen LogP contribution in [0.1, 0.15) is 16.1 Å². The summed E-state index contributed by atoms with van der Waals surface area (Å²) < 4.78 is 17.7. The van der Waals surface area contributed by atoms with Gasteiger partial charge in [0.2, 0.25) is 5.75 Å². The molecule has 0 aliphatic rings. The molecule has 0 spiro atoms. The van der Waals surface area contributed by atoms with Gasteiger partial charge in [-0.15, -0.1) is 0 Å². The average Bonchev–Trinajstić information content (AvgIpc) is 3.12. The molecular formula is C20H20ClN3O4. The maximum absolute atomic E-state index is 11.9. The van der Waals surface area contributed by atoms with E-state index >= 15 is 0 Å². The summed E-state index contributed by atoms with van der Waals surface area (Å²) in [4.78, 5) is 11.9. The van der Waals surface area contributed by atoms with Gasteiger partial charge >= 0.3 is 0 Å². The standard InChI is InChI=1S/C20H20ClN3O4/c1-26-17-8-13(9-18(27-2)19(17)28-3)15-10-16(20(22)25)24(23-15)11-12-6-4-5-7-14(12)21/h4-10H,11H2,1-3H3,(H2,22,25). The quantitative estimate of drug-likeness (QED) is 0.655. The van der Waals surface area contributed by atoms with E-state index in [0.29, 0.717) is 40.1 Å². The monoisotopic (exact) mass is 401 g/mol. The number of ether oxygens (including phenoxy) is 3. The van der Waals surface area contributed by atoms with Crippen molar-refractivity contribution in [2.45, 2.75) is 6.54 Å². The largest absolute Gasteiger partial charge is 0.493 e. The van der Waals surface area contributed by atoms with Crippen LogP contribution in [0.15, 0.2) is 42.5 Å². The average molecular weight is 402 g/mol. The fraction of sp³-hybridized carbons (Fsp3) is 0.200. The van der Waals surface area contributed by atoms with Crippen LogP contribution in [0, 0.1) is 0 Å². The zero-order valence-electron chi connectivity index (χ0n) is 15.7. The second-order valence-corrected chi connectivity index (χ2v) is 6.35. The van der Waals surface area contributed by atoms with Gasteiger partial charge in [0.15, 0.2) is 11.5 Å². The van der Waals surface area contributed by atoms with Crippen LogP contribution in [-0.2, 0) is 6.54 Å². The smallest absolute Gasteiger partial charge is 0.267 e. The molecule has 0 aliphatic heterocycles. The van der Waals surface area contributed by atoms with Crippen molar-refractivity contribution < 1.29 is 19.0 Å². The van der Waals surface area contributed by atoms with Gasteiger partial charge in [0.25, 0.3) is 5.91 Å². The lowest BCUT2D eigenvalue weighted by Crippen LogP contribution is -2.18. The SMILES string of the molecule is COc1cc(-c2cc(C(N)=O)n(Cc3ccccc3Cl)n2)cc(OC)c1OC. The van der Waals surface area contributed by atoms with Crippen molar-refractivity contribution in [2.75, 3.05) is 21.3 Å². The molecule has 0 unspecified atom stereocenters. The number of benzene rings is 2. The zero-order chi connectivity index (χ0) is 20.3. The van der Waals surface area contributed by atoms with Crippen LogP contribution in [0.3, 0.4) is 0 Å². The van der Waals surface area contributed by atoms with Crippen molar-refractivity contribution in [2.24, 2.45) is 5.73 Å². The molecule has 3 aromatic rings. The molecule has 2 N–H and O–H groups in total. The Morgan fingerprint density at radius 3 is 2.25 bits per heavy atom. The van der Waals surface area contributed by atoms with Crippen molar-refractivity contribution in [3.8, 4) is 28.5 Å². The number of primary amides is 1. The van der Waals surface area contributed by atoms with Gasteiger partial charge in [-0.05, 0) is 29.8 Å². The number of carbonyl (C=O) groups excluding carboxylic acids is 1. The lowest BCUT2D eigenvalue weighted by molar-refractivity contribution is 0.0990. The summed E-state index contributed by atoms with van der Waals surface area (Å²) in [6.45, 7) is 0.308. The molecule has 7 nitrogen and oxygen atoms in total. The summed E-state index contributed by atoms with van der Waals surface area (Å²) in [5.74, 6) is 0.855. The number of nitrogens with zero attached hydrogens (tertiary/aromatic N) is 2. The summed E-state index contributed by atoms with van der Waals surface area (Å²) in [6, 6.07) is 12.5. The molecule has 0 atom stereocenters. The van der Waals surface area contributed by atoms with E-state index in [2.05, 4.69) is 5.10 Å². The zero-order valence-corrected chi connectivity index (χ0v) is 16.5. The molecule has 2 aromatic carbocycles. The van der Waals surface area contributed by atoms with E-state index in [1.807, 2.05) is 18.2 Å². The Balaban J connectivity index is 2.09. The normalized spacial score (nSPS) is 10.6. The summed E-state index contributed by atoms with van der Waals surface area (Å²) in [6.07, 6.45) is 0. The van der Waals surface area contributed by atoms with Gasteiger partial charge in [-0.3, -0.25) is 9.48 Å². The third-order valence-corrected chi connectivity index (χ3v) is 4.64. The van der Waals surface area contributed by atoms with E-state index in [-0.39, 0.29) is 5.69 Å². The van der Waals surface area contributed by atoms with Gasteiger partial charge in [-0.2, -0.15) is 5.10 Å². The molecule has 0 saturated heterocycles. The fourth-order valence-electron chi connectivity index (χ4n) is 2.89. The van der Waals surface area contributed by atoms with E-state index in [1.165, 1.54) is 26.0 Å². The fourth-order valence-corrected chi connectivity index (χ4v) is 3.09. The van der Waals surface area contributed by atoms with Crippen LogP contribution in [0.5, 0.6) is 17.2 Å². The first kappa shape index (κ1) is 19.6. The maximum atomic E-state index is 11.9. The molecule has 0 radical (unpaired) electrons. The summed E-state index contributed by atoms with van der Waals surface area (Å²) in [7, 11) is 4.60. The van der Waals surface area contributed by atoms with Crippen molar-refractivity contribution in [3.05, 3.63) is 58.7 Å². The highest BCUT2D eigenvalue weighted by Crippen LogP contribution is 2.41. The molecule has 1 aromatic heterocycles. The van der Waals surface area contributed by atoms with Gasteiger partial charge in [-0.25, -0.2) is 0 Å². The maximum Gasteiger partial charge on any atom is 0.267 e. The second kappa shape index (κ2) is 8.22. The number of hydrogen-bond donors (Lipinski definition) is 1. The number of rotatable bonds is 7. The molecule has 0 aliphatic carbocycles. The molecule has 0 bridgehead atoms. The van der Waals surface area contributed by atoms with Crippen LogP contribution < -0.4 is 19.9 Å². The molecule has 1 heterocycles. The Labute approximate surface area is 167 Å². The summed E-state index contributed by atoms with van der Waals surface area (Å²) in [5.41, 5.74) is 7.88. The predicted octanol–water partition coefficient (Wildman–Crippen LogP) is 3.38. The van der Waals surface area contributed by atoms with Crippen molar-refractivity contribution in [1.29, 1.82) is 0 Å². The highest BCUT2D eigenvalue weighted by molar-refractivity contribution is 6.31. The van der Waals surface area contributed by atoms with Crippen LogP contribution >= 0.6 is 11.6 Å². The van der Waals surface area contributed by atoms with Gasteiger partial charge in [0, 0.05) is 10.6 Å². The molecule has 28 heavy (non-hydrogen) atoms. The number of nitrogens with two attached hydrogens (primary N) is 1. The second-order valence-electron chi connectivity index (χ2n) is 5.94. The first-order valence-electron chi connectivity index (χ1n) is 8.40. The molecule has 0 fully saturated rings. The Morgan fingerprint density at radius 2 is 1.71 bits per heavy atom. The lowest BCUT2D eigenvalue weighted by atomic mass is 10.1. The minimum atomic E-state index is -0.585. The molecule has 8 heteroatoms. The Bertz CT molecular complexity index is 991. The highest BCUT2D eigenvalue weighted by Gasteiger charge is 2.19. The van der Waals surface area contributed by atoms with E-state index in [9.17, 15) is 4.79 Å². The molecule has 0 saturated carbocycles. The molecule has 3 rings (SSSR count). The third kappa shape index (κ3) is 3.75. The van der Waals surface area contributed by atoms with Gasteiger partial charge in [0.05, 0.1) is 33.6 Å². The number of hydrogen-bond acceptors (Lipinski definition) is 5. The van der Waals surface area contributed by atoms with E-state index in [0.717, 1.165) is 5.56 Å². The first-order valence-corrected chi connectivity index (χ1v) is 8.77. The Morgan fingerprint density at radius 1 is 1.07 bits per heavy atom. The predicted molar refractivity (Wildman–Crippen MR) is 106 cm³/mol. The first-order chi connectivity index (χ1) is 13.5. The Kier molecular flexibility index (Phi) is 5.75. The number of carbonyl (C=O) groups is 1. The molecule has 146 valence electrons. The van der Waals surface area contributed by atoms with Gasteiger partial charge in [0.1, 0.15) is 5.69 Å². The van der Waals surface area contributed by atoms with Crippen molar-refractivity contribution in [1.82, 2.24) is 9.78 Å². The number of aromatic nitrogens is 2. The topological polar surface area (TPSA) is 88.6 Å². The third-order valence-electron chi connectivity index (χ3n) is 4.27. The number of halogens is 1. The Hall–Kier alpha value is -3.19. The van der Waals surface area contributed by atoms with Crippen molar-refractivity contribution >= 4 is 17.5 Å². The number of amides is 1. The minimum Gasteiger partial charge on any atom is -0.493 e. The molecule has 1 amide bonds. The van der Waals surface area contributed by atoms with Gasteiger partial charge < -0.3 is 19.9 Å². The van der Waals surface area contributed by atoms with E-state index in [4.69, 9.17) is 31.5 Å². The van der Waals surface area contributed by atoms with Crippen molar-refractivity contribution in [3.63, 3.8) is 0 Å². The summed E-state index contributed by atoms with van der Waals surface area (Å²) >= 11 is 6.24. The lowest BCUT2D eigenvalue weighted by Gasteiger charge is -2.13. The highest BCUT2D eigenvalue weighted by atomic mass is 35.5.